The van der Waals surface area contributed by atoms with Crippen LogP contribution in [0.1, 0.15) is 42.9 Å². The highest BCUT2D eigenvalue weighted by molar-refractivity contribution is 6.30. The molecule has 4 nitrogen and oxygen atoms in total. The van der Waals surface area contributed by atoms with Crippen molar-refractivity contribution < 1.29 is 14.3 Å². The molecule has 144 valence electrons. The second-order valence-electron chi connectivity index (χ2n) is 6.97. The van der Waals surface area contributed by atoms with E-state index in [0.29, 0.717) is 11.6 Å². The number of hydrogen-bond acceptors (Lipinski definition) is 3. The number of hydrogen-bond donors (Lipinski definition) is 1. The predicted octanol–water partition coefficient (Wildman–Crippen LogP) is 4.66. The lowest BCUT2D eigenvalue weighted by Gasteiger charge is -2.29. The normalized spacial score (nSPS) is 16.7. The quantitative estimate of drug-likeness (QED) is 0.751. The fourth-order valence-electron chi connectivity index (χ4n) is 4.00. The average Bonchev–Trinajstić information content (AvgIpc) is 3.20. The highest BCUT2D eigenvalue weighted by atomic mass is 35.5. The van der Waals surface area contributed by atoms with Crippen LogP contribution in [-0.2, 0) is 14.9 Å². The van der Waals surface area contributed by atoms with Crippen LogP contribution in [0.4, 0.5) is 0 Å². The molecule has 0 heterocycles. The smallest absolute Gasteiger partial charge is 0.230 e. The molecule has 2 aromatic rings. The van der Waals surface area contributed by atoms with Gasteiger partial charge in [0.25, 0.3) is 0 Å². The third-order valence-electron chi connectivity index (χ3n) is 5.51. The van der Waals surface area contributed by atoms with Gasteiger partial charge < -0.3 is 14.8 Å². The first-order valence-electron chi connectivity index (χ1n) is 9.31. The van der Waals surface area contributed by atoms with Crippen molar-refractivity contribution in [2.75, 3.05) is 20.8 Å². The number of benzene rings is 2. The number of carbonyl (C=O) groups excluding carboxylic acids is 1. The van der Waals surface area contributed by atoms with E-state index in [1.165, 1.54) is 0 Å². The molecular formula is C22H26ClNO3. The van der Waals surface area contributed by atoms with E-state index in [9.17, 15) is 4.79 Å². The van der Waals surface area contributed by atoms with Gasteiger partial charge in [0.1, 0.15) is 11.9 Å². The first-order valence-corrected chi connectivity index (χ1v) is 9.68. The first-order chi connectivity index (χ1) is 13.1. The second kappa shape index (κ2) is 8.77. The van der Waals surface area contributed by atoms with E-state index in [2.05, 4.69) is 5.32 Å². The largest absolute Gasteiger partial charge is 0.496 e. The number of carbonyl (C=O) groups is 1. The van der Waals surface area contributed by atoms with Gasteiger partial charge in [-0.2, -0.15) is 0 Å². The van der Waals surface area contributed by atoms with Crippen molar-refractivity contribution >= 4 is 17.5 Å². The molecule has 1 saturated carbocycles. The third-order valence-corrected chi connectivity index (χ3v) is 5.76. The zero-order valence-corrected chi connectivity index (χ0v) is 16.6. The van der Waals surface area contributed by atoms with Crippen molar-refractivity contribution in [2.45, 2.75) is 37.2 Å². The second-order valence-corrected chi connectivity index (χ2v) is 7.41. The molecule has 1 N–H and O–H groups in total. The van der Waals surface area contributed by atoms with Crippen molar-refractivity contribution in [3.8, 4) is 5.75 Å². The first kappa shape index (κ1) is 19.7. The van der Waals surface area contributed by atoms with E-state index < -0.39 is 5.41 Å². The molecule has 1 fully saturated rings. The molecule has 0 unspecified atom stereocenters. The average molecular weight is 388 g/mol. The van der Waals surface area contributed by atoms with Crippen molar-refractivity contribution in [3.05, 3.63) is 64.7 Å². The van der Waals surface area contributed by atoms with Gasteiger partial charge in [0, 0.05) is 24.2 Å². The Morgan fingerprint density at radius 2 is 1.78 bits per heavy atom. The fourth-order valence-corrected chi connectivity index (χ4v) is 4.13. The Morgan fingerprint density at radius 1 is 1.11 bits per heavy atom. The highest BCUT2D eigenvalue weighted by Crippen LogP contribution is 2.41. The Labute approximate surface area is 165 Å². The maximum absolute atomic E-state index is 13.2. The van der Waals surface area contributed by atoms with Gasteiger partial charge >= 0.3 is 0 Å². The summed E-state index contributed by atoms with van der Waals surface area (Å²) in [5.74, 6) is 0.811. The van der Waals surface area contributed by atoms with Gasteiger partial charge in [-0.1, -0.05) is 54.8 Å². The van der Waals surface area contributed by atoms with E-state index in [4.69, 9.17) is 21.1 Å². The van der Waals surface area contributed by atoms with Crippen LogP contribution in [0.2, 0.25) is 5.02 Å². The summed E-state index contributed by atoms with van der Waals surface area (Å²) < 4.78 is 11.1. The Hall–Kier alpha value is -2.04. The standard InChI is InChI=1S/C22H26ClNO3/c1-26-19-8-4-3-7-18(19)20(27-2)15-24-21(25)22(13-5-6-14-22)16-9-11-17(23)12-10-16/h3-4,7-12,20H,5-6,13-15H2,1-2H3,(H,24,25)/t20-/m0/s1. The Balaban J connectivity index is 1.77. The zero-order valence-electron chi connectivity index (χ0n) is 15.8. The fraction of sp³-hybridized carbons (Fsp3) is 0.409. The number of amides is 1. The molecule has 2 aromatic carbocycles. The molecule has 3 rings (SSSR count). The number of ether oxygens (including phenoxy) is 2. The summed E-state index contributed by atoms with van der Waals surface area (Å²) in [6.45, 7) is 0.394. The van der Waals surface area contributed by atoms with Crippen LogP contribution in [0.25, 0.3) is 0 Å². The lowest BCUT2D eigenvalue weighted by Crippen LogP contribution is -2.44. The molecular weight excluding hydrogens is 362 g/mol. The van der Waals surface area contributed by atoms with E-state index in [-0.39, 0.29) is 12.0 Å². The van der Waals surface area contributed by atoms with E-state index in [1.807, 2.05) is 48.5 Å². The lowest BCUT2D eigenvalue weighted by molar-refractivity contribution is -0.127. The van der Waals surface area contributed by atoms with Gasteiger partial charge in [-0.25, -0.2) is 0 Å². The van der Waals surface area contributed by atoms with Crippen LogP contribution < -0.4 is 10.1 Å². The van der Waals surface area contributed by atoms with Gasteiger partial charge in [0.15, 0.2) is 0 Å². The molecule has 0 aliphatic heterocycles. The van der Waals surface area contributed by atoms with Crippen molar-refractivity contribution in [1.29, 1.82) is 0 Å². The van der Waals surface area contributed by atoms with Crippen LogP contribution in [0, 0.1) is 0 Å². The number of methoxy groups -OCH3 is 2. The molecule has 1 aliphatic carbocycles. The van der Waals surface area contributed by atoms with Crippen LogP contribution in [0.3, 0.4) is 0 Å². The SMILES string of the molecule is COc1ccccc1[C@H](CNC(=O)C1(c2ccc(Cl)cc2)CCCC1)OC. The molecule has 1 aliphatic rings. The summed E-state index contributed by atoms with van der Waals surface area (Å²) >= 11 is 6.03. The predicted molar refractivity (Wildman–Crippen MR) is 107 cm³/mol. The Kier molecular flexibility index (Phi) is 6.40. The molecule has 0 aromatic heterocycles. The molecule has 1 atom stereocenters. The van der Waals surface area contributed by atoms with Crippen molar-refractivity contribution in [3.63, 3.8) is 0 Å². The highest BCUT2D eigenvalue weighted by Gasteiger charge is 2.42. The lowest BCUT2D eigenvalue weighted by atomic mass is 9.78. The number of rotatable bonds is 7. The Bertz CT molecular complexity index is 769. The van der Waals surface area contributed by atoms with Gasteiger partial charge in [0.2, 0.25) is 5.91 Å². The molecule has 5 heteroatoms. The molecule has 0 saturated heterocycles. The maximum Gasteiger partial charge on any atom is 0.230 e. The van der Waals surface area contributed by atoms with Gasteiger partial charge in [0.05, 0.1) is 12.5 Å². The summed E-state index contributed by atoms with van der Waals surface area (Å²) in [7, 11) is 3.28. The Morgan fingerprint density at radius 3 is 2.41 bits per heavy atom. The zero-order chi connectivity index (χ0) is 19.3. The monoisotopic (exact) mass is 387 g/mol. The van der Waals surface area contributed by atoms with Crippen LogP contribution in [0.15, 0.2) is 48.5 Å². The maximum atomic E-state index is 13.2. The van der Waals surface area contributed by atoms with E-state index in [1.54, 1.807) is 14.2 Å². The number of para-hydroxylation sites is 1. The van der Waals surface area contributed by atoms with Crippen LogP contribution in [-0.4, -0.2) is 26.7 Å². The molecule has 27 heavy (non-hydrogen) atoms. The minimum Gasteiger partial charge on any atom is -0.496 e. The topological polar surface area (TPSA) is 47.6 Å². The van der Waals surface area contributed by atoms with Crippen molar-refractivity contribution in [2.24, 2.45) is 0 Å². The summed E-state index contributed by atoms with van der Waals surface area (Å²) in [5.41, 5.74) is 1.48. The minimum absolute atomic E-state index is 0.0549. The molecule has 0 bridgehead atoms. The van der Waals surface area contributed by atoms with Crippen LogP contribution in [0.5, 0.6) is 5.75 Å². The van der Waals surface area contributed by atoms with Gasteiger partial charge in [-0.3, -0.25) is 4.79 Å². The summed E-state index contributed by atoms with van der Waals surface area (Å²) in [6.07, 6.45) is 3.54. The number of halogens is 1. The van der Waals surface area contributed by atoms with Gasteiger partial charge in [-0.15, -0.1) is 0 Å². The molecule has 0 radical (unpaired) electrons. The minimum atomic E-state index is -0.482. The third kappa shape index (κ3) is 4.12. The van der Waals surface area contributed by atoms with E-state index in [0.717, 1.165) is 42.6 Å². The summed E-state index contributed by atoms with van der Waals surface area (Å²) in [6, 6.07) is 15.4. The van der Waals surface area contributed by atoms with Gasteiger partial charge in [-0.05, 0) is 36.6 Å². The molecule has 1 amide bonds. The summed E-state index contributed by atoms with van der Waals surface area (Å²) in [5, 5.41) is 3.81. The van der Waals surface area contributed by atoms with Crippen LogP contribution >= 0.6 is 11.6 Å². The summed E-state index contributed by atoms with van der Waals surface area (Å²) in [4.78, 5) is 13.2. The number of nitrogens with one attached hydrogen (secondary N) is 1. The molecule has 0 spiro atoms. The van der Waals surface area contributed by atoms with E-state index >= 15 is 0 Å². The van der Waals surface area contributed by atoms with Crippen molar-refractivity contribution in [1.82, 2.24) is 5.32 Å².